The fourth-order valence-corrected chi connectivity index (χ4v) is 8.44. The van der Waals surface area contributed by atoms with Gasteiger partial charge in [-0.3, -0.25) is 27.4 Å². The topological polar surface area (TPSA) is 349 Å². The summed E-state index contributed by atoms with van der Waals surface area (Å²) in [6.45, 7) is 1.80. The SMILES string of the molecule is CC#CC#CC#CC#CC#CC#CC#CC(=O)OC[C@@H](COP(=O)(O)OC1C(O)[C@H](OP(=O)(O)O)C(OP(=O)(O)O)C(OP(=O)(O)O)[C@@H]1O)OC(=O)CCCCCCCCCCCCCCC. The van der Waals surface area contributed by atoms with Crippen LogP contribution in [0.3, 0.4) is 0 Å². The zero-order valence-electron chi connectivity index (χ0n) is 36.5. The Hall–Kier alpha value is -3.78. The lowest BCUT2D eigenvalue weighted by atomic mass is 9.85. The Kier molecular flexibility index (Phi) is 30.0. The molecule has 5 unspecified atom stereocenters. The highest BCUT2D eigenvalue weighted by atomic mass is 31.2. The minimum atomic E-state index is -5.82. The monoisotopic (exact) mass is 1020 g/mol. The molecule has 22 nitrogen and oxygen atoms in total. The maximum Gasteiger partial charge on any atom is 0.472 e. The van der Waals surface area contributed by atoms with Gasteiger partial charge in [0.25, 0.3) is 0 Å². The van der Waals surface area contributed by atoms with E-state index >= 15 is 0 Å². The van der Waals surface area contributed by atoms with Gasteiger partial charge in [0.2, 0.25) is 0 Å². The van der Waals surface area contributed by atoms with E-state index in [1.54, 1.807) is 6.92 Å². The Labute approximate surface area is 389 Å². The summed E-state index contributed by atoms with van der Waals surface area (Å²) in [6, 6.07) is 0. The molecule has 0 aliphatic heterocycles. The fourth-order valence-electron chi connectivity index (χ4n) is 5.79. The predicted molar refractivity (Wildman–Crippen MR) is 235 cm³/mol. The van der Waals surface area contributed by atoms with E-state index in [1.165, 1.54) is 38.5 Å². The van der Waals surface area contributed by atoms with Gasteiger partial charge in [0.1, 0.15) is 43.2 Å². The average molecular weight is 1020 g/mol. The third-order valence-electron chi connectivity index (χ3n) is 8.61. The van der Waals surface area contributed by atoms with Gasteiger partial charge < -0.3 is 53.9 Å². The van der Waals surface area contributed by atoms with Gasteiger partial charge in [0, 0.05) is 12.3 Å². The standard InChI is InChI=1S/C41H54O22P4/c1-3-5-7-9-11-13-15-17-19-21-23-25-27-29-34(42)57-31-33(59-35(43)30-28-26-24-22-20-18-16-14-12-10-8-6-4-2)32-58-67(55,56)63-38-36(44)39(60-64(46,47)48)41(62-66(52,53)54)40(37(38)45)61-65(49,50)51/h33,36-41,44-45H,4,6,8,10,12,14,16,18,20,22,24,26,28,30-32H2,1-2H3,(H,55,56)(H2,46,47,48)(H2,49,50,51)(H2,52,53,54)/t33-,36+,37?,38?,39?,40-,41?/m0/s1. The third kappa shape index (κ3) is 31.1. The van der Waals surface area contributed by atoms with Crippen molar-refractivity contribution < 1.29 is 104 Å². The second-order valence-electron chi connectivity index (χ2n) is 14.1. The Morgan fingerprint density at radius 1 is 0.507 bits per heavy atom. The van der Waals surface area contributed by atoms with E-state index in [9.17, 15) is 72.3 Å². The summed E-state index contributed by atoms with van der Waals surface area (Å²) in [7, 11) is -23.2. The van der Waals surface area contributed by atoms with Crippen LogP contribution in [0, 0.1) is 82.9 Å². The van der Waals surface area contributed by atoms with Crippen molar-refractivity contribution >= 4 is 43.2 Å². The smallest absolute Gasteiger partial charge is 0.456 e. The highest BCUT2D eigenvalue weighted by Gasteiger charge is 2.59. The molecule has 0 aromatic rings. The molecule has 0 bridgehead atoms. The van der Waals surface area contributed by atoms with Crippen molar-refractivity contribution in [3.05, 3.63) is 0 Å². The van der Waals surface area contributed by atoms with Gasteiger partial charge in [-0.05, 0) is 84.4 Å². The number of phosphoric ester groups is 4. The van der Waals surface area contributed by atoms with E-state index in [0.29, 0.717) is 12.8 Å². The maximum absolute atomic E-state index is 13.2. The number of carbonyl (C=O) groups excluding carboxylic acids is 2. The molecule has 1 aliphatic rings. The number of rotatable bonds is 28. The van der Waals surface area contributed by atoms with Crippen LogP contribution in [0.2, 0.25) is 0 Å². The molecule has 0 aromatic carbocycles. The summed E-state index contributed by atoms with van der Waals surface area (Å²) >= 11 is 0. The molecule has 0 radical (unpaired) electrons. The number of unbranched alkanes of at least 4 members (excludes halogenated alkanes) is 12. The van der Waals surface area contributed by atoms with Gasteiger partial charge in [0.15, 0.2) is 6.10 Å². The molecule has 1 aliphatic carbocycles. The highest BCUT2D eigenvalue weighted by Crippen LogP contribution is 2.53. The highest BCUT2D eigenvalue weighted by molar-refractivity contribution is 7.47. The van der Waals surface area contributed by atoms with Crippen LogP contribution in [0.25, 0.3) is 0 Å². The number of phosphoric acid groups is 4. The summed E-state index contributed by atoms with van der Waals surface area (Å²) in [5.41, 5.74) is 0. The van der Waals surface area contributed by atoms with Crippen molar-refractivity contribution in [1.82, 2.24) is 0 Å². The number of hydrogen-bond acceptors (Lipinski definition) is 15. The van der Waals surface area contributed by atoms with Crippen LogP contribution in [0.5, 0.6) is 0 Å². The lowest BCUT2D eigenvalue weighted by Crippen LogP contribution is -2.65. The van der Waals surface area contributed by atoms with E-state index in [4.69, 9.17) is 18.5 Å². The van der Waals surface area contributed by atoms with Crippen molar-refractivity contribution in [2.24, 2.45) is 0 Å². The van der Waals surface area contributed by atoms with Crippen LogP contribution in [-0.4, -0.2) is 112 Å². The fraction of sp³-hybridized carbons (Fsp3) is 0.610. The Bertz CT molecular complexity index is 2220. The zero-order chi connectivity index (χ0) is 50.4. The molecular formula is C41H54O22P4. The lowest BCUT2D eigenvalue weighted by molar-refractivity contribution is -0.209. The molecule has 9 N–H and O–H groups in total. The first kappa shape index (κ1) is 61.2. The minimum Gasteiger partial charge on any atom is -0.456 e. The largest absolute Gasteiger partial charge is 0.472 e. The number of ether oxygens (including phenoxy) is 2. The van der Waals surface area contributed by atoms with Crippen LogP contribution < -0.4 is 0 Å². The normalized spacial score (nSPS) is 20.1. The molecule has 26 heteroatoms. The van der Waals surface area contributed by atoms with E-state index in [-0.39, 0.29) is 6.42 Å². The summed E-state index contributed by atoms with van der Waals surface area (Å²) < 4.78 is 81.1. The van der Waals surface area contributed by atoms with Gasteiger partial charge >= 0.3 is 43.2 Å². The van der Waals surface area contributed by atoms with E-state index in [1.807, 2.05) is 5.92 Å². The van der Waals surface area contributed by atoms with Gasteiger partial charge in [-0.25, -0.2) is 23.1 Å². The van der Waals surface area contributed by atoms with E-state index < -0.39 is 99.2 Å². The van der Waals surface area contributed by atoms with Crippen LogP contribution >= 0.6 is 31.3 Å². The van der Waals surface area contributed by atoms with Gasteiger partial charge in [-0.2, -0.15) is 0 Å². The van der Waals surface area contributed by atoms with Gasteiger partial charge in [0.05, 0.1) is 6.61 Å². The first-order chi connectivity index (χ1) is 31.5. The molecule has 1 rings (SSSR count). The van der Waals surface area contributed by atoms with Crippen LogP contribution in [0.1, 0.15) is 104 Å². The average Bonchev–Trinajstić information content (AvgIpc) is 3.22. The molecular weight excluding hydrogens is 968 g/mol. The molecule has 1 saturated carbocycles. The third-order valence-corrected chi connectivity index (χ3v) is 11.1. The predicted octanol–water partition coefficient (Wildman–Crippen LogP) is 2.64. The lowest BCUT2D eigenvalue weighted by Gasteiger charge is -2.45. The van der Waals surface area contributed by atoms with Crippen LogP contribution in [0.15, 0.2) is 0 Å². The number of hydrogen-bond donors (Lipinski definition) is 9. The maximum atomic E-state index is 13.2. The first-order valence-corrected chi connectivity index (χ1v) is 26.6. The van der Waals surface area contributed by atoms with Crippen molar-refractivity contribution in [2.75, 3.05) is 13.2 Å². The van der Waals surface area contributed by atoms with Crippen molar-refractivity contribution in [2.45, 2.75) is 146 Å². The van der Waals surface area contributed by atoms with E-state index in [2.05, 4.69) is 97.5 Å². The van der Waals surface area contributed by atoms with Crippen molar-refractivity contribution in [3.63, 3.8) is 0 Å². The minimum absolute atomic E-state index is 0.134. The first-order valence-electron chi connectivity index (χ1n) is 20.5. The molecule has 8 atom stereocenters. The molecule has 0 aromatic heterocycles. The van der Waals surface area contributed by atoms with Gasteiger partial charge in [-0.15, -0.1) is 0 Å². The summed E-state index contributed by atoms with van der Waals surface area (Å²) in [5.74, 6) is 30.9. The number of aliphatic hydroxyl groups is 2. The second-order valence-corrected chi connectivity index (χ2v) is 19.1. The Balaban J connectivity index is 3.12. The Morgan fingerprint density at radius 3 is 1.31 bits per heavy atom. The summed E-state index contributed by atoms with van der Waals surface area (Å²) in [6.07, 6.45) is -5.05. The molecule has 1 fully saturated rings. The molecule has 0 spiro atoms. The van der Waals surface area contributed by atoms with Crippen molar-refractivity contribution in [1.29, 1.82) is 0 Å². The zero-order valence-corrected chi connectivity index (χ0v) is 40.1. The molecule has 0 amide bonds. The van der Waals surface area contributed by atoms with Crippen molar-refractivity contribution in [3.8, 4) is 82.9 Å². The molecule has 0 heterocycles. The van der Waals surface area contributed by atoms with Crippen LogP contribution in [0.4, 0.5) is 0 Å². The quantitative estimate of drug-likeness (QED) is 0.0179. The summed E-state index contributed by atoms with van der Waals surface area (Å²) in [5, 5.41) is 21.7. The number of esters is 2. The van der Waals surface area contributed by atoms with E-state index in [0.717, 1.165) is 32.1 Å². The number of aliphatic hydroxyl groups excluding tert-OH is 2. The van der Waals surface area contributed by atoms with Gasteiger partial charge in [-0.1, -0.05) is 89.9 Å². The molecule has 0 saturated heterocycles. The Morgan fingerprint density at radius 2 is 0.896 bits per heavy atom. The summed E-state index contributed by atoms with van der Waals surface area (Å²) in [4.78, 5) is 92.0. The second kappa shape index (κ2) is 32.9. The van der Waals surface area contributed by atoms with Crippen LogP contribution in [-0.2, 0) is 59.9 Å². The molecule has 67 heavy (non-hydrogen) atoms. The molecule has 370 valence electrons. The number of carbonyl (C=O) groups is 2.